The molecule has 4 rings (SSSR count). The van der Waals surface area contributed by atoms with Gasteiger partial charge in [0.15, 0.2) is 0 Å². The van der Waals surface area contributed by atoms with E-state index < -0.39 is 0 Å². The topological polar surface area (TPSA) is 48.1 Å². The summed E-state index contributed by atoms with van der Waals surface area (Å²) < 4.78 is 0. The monoisotopic (exact) mass is 473 g/mol. The minimum atomic E-state index is 0.184. The minimum absolute atomic E-state index is 0.184. The Bertz CT molecular complexity index is 1110. The second kappa shape index (κ2) is 11.4. The van der Waals surface area contributed by atoms with Crippen molar-refractivity contribution >= 4 is 22.4 Å². The van der Waals surface area contributed by atoms with Crippen LogP contribution in [0.2, 0.25) is 0 Å². The normalized spacial score (nSPS) is 21.0. The van der Waals surface area contributed by atoms with Crippen LogP contribution in [0.1, 0.15) is 76.1 Å². The summed E-state index contributed by atoms with van der Waals surface area (Å²) in [6.45, 7) is 16.6. The maximum absolute atomic E-state index is 12.8. The molecule has 35 heavy (non-hydrogen) atoms. The summed E-state index contributed by atoms with van der Waals surface area (Å²) in [6.07, 6.45) is 11.6. The van der Waals surface area contributed by atoms with Crippen LogP contribution in [0.4, 0.5) is 0 Å². The lowest BCUT2D eigenvalue weighted by Gasteiger charge is -2.33. The third kappa shape index (κ3) is 5.48. The number of piperidine rings is 1. The van der Waals surface area contributed by atoms with Gasteiger partial charge in [-0.15, -0.1) is 0 Å². The van der Waals surface area contributed by atoms with E-state index in [0.29, 0.717) is 17.7 Å². The molecule has 2 atom stereocenters. The van der Waals surface area contributed by atoms with Crippen molar-refractivity contribution in [1.29, 1.82) is 0 Å². The first kappa shape index (κ1) is 25.5. The van der Waals surface area contributed by atoms with Crippen molar-refractivity contribution in [3.05, 3.63) is 65.4 Å². The van der Waals surface area contributed by atoms with E-state index in [2.05, 4.69) is 79.8 Å². The number of benzene rings is 1. The number of hydrogen-bond acceptors (Lipinski definition) is 2. The van der Waals surface area contributed by atoms with Crippen LogP contribution in [0.5, 0.6) is 0 Å². The number of fused-ring (bicyclic) bond motifs is 1. The molecule has 2 fully saturated rings. The van der Waals surface area contributed by atoms with Crippen molar-refractivity contribution < 1.29 is 4.79 Å². The van der Waals surface area contributed by atoms with Crippen LogP contribution >= 0.6 is 0 Å². The summed E-state index contributed by atoms with van der Waals surface area (Å²) in [6, 6.07) is 6.96. The fourth-order valence-electron chi connectivity index (χ4n) is 5.73. The summed E-state index contributed by atoms with van der Waals surface area (Å²) >= 11 is 0. The number of aryl methyl sites for hydroxylation is 1. The highest BCUT2D eigenvalue weighted by Crippen LogP contribution is 2.35. The molecule has 0 aliphatic carbocycles. The van der Waals surface area contributed by atoms with Crippen molar-refractivity contribution in [2.45, 2.75) is 65.7 Å². The largest absolute Gasteiger partial charge is 0.354 e. The first-order valence-corrected chi connectivity index (χ1v) is 13.6. The van der Waals surface area contributed by atoms with Crippen LogP contribution in [0.25, 0.3) is 16.5 Å². The second-order valence-electron chi connectivity index (χ2n) is 10.5. The summed E-state index contributed by atoms with van der Waals surface area (Å²) in [4.78, 5) is 18.7. The second-order valence-corrected chi connectivity index (χ2v) is 10.5. The number of aromatic nitrogens is 1. The summed E-state index contributed by atoms with van der Waals surface area (Å²) in [5.41, 5.74) is 7.81. The van der Waals surface area contributed by atoms with E-state index in [-0.39, 0.29) is 5.92 Å². The number of H-pyrrole nitrogens is 1. The lowest BCUT2D eigenvalue weighted by atomic mass is 9.87. The van der Waals surface area contributed by atoms with Gasteiger partial charge in [-0.05, 0) is 86.2 Å². The highest BCUT2D eigenvalue weighted by Gasteiger charge is 2.30. The molecule has 2 aromatic rings. The maximum Gasteiger partial charge on any atom is 0.227 e. The molecule has 1 aromatic heterocycles. The van der Waals surface area contributed by atoms with Gasteiger partial charge < -0.3 is 15.2 Å². The van der Waals surface area contributed by atoms with E-state index in [4.69, 9.17) is 0 Å². The Labute approximate surface area is 211 Å². The Kier molecular flexibility index (Phi) is 8.33. The number of rotatable bonds is 8. The van der Waals surface area contributed by atoms with Crippen molar-refractivity contribution in [1.82, 2.24) is 15.2 Å². The van der Waals surface area contributed by atoms with Crippen molar-refractivity contribution in [2.75, 3.05) is 26.2 Å². The van der Waals surface area contributed by atoms with Gasteiger partial charge in [0.2, 0.25) is 5.91 Å². The molecule has 0 spiro atoms. The van der Waals surface area contributed by atoms with Gasteiger partial charge in [-0.25, -0.2) is 0 Å². The van der Waals surface area contributed by atoms with E-state index in [0.717, 1.165) is 58.3 Å². The van der Waals surface area contributed by atoms with E-state index in [1.54, 1.807) is 0 Å². The molecule has 2 aliphatic heterocycles. The fourth-order valence-corrected chi connectivity index (χ4v) is 5.73. The number of allylic oxidation sites excluding steroid dienone is 5. The molecule has 188 valence electrons. The summed E-state index contributed by atoms with van der Waals surface area (Å²) in [5, 5.41) is 4.66. The number of nitrogens with zero attached hydrogens (tertiary/aromatic N) is 1. The van der Waals surface area contributed by atoms with E-state index in [9.17, 15) is 4.79 Å². The first-order valence-electron chi connectivity index (χ1n) is 13.6. The zero-order valence-electron chi connectivity index (χ0n) is 22.1. The maximum atomic E-state index is 12.8. The molecule has 0 bridgehead atoms. The molecule has 4 heteroatoms. The van der Waals surface area contributed by atoms with E-state index in [1.165, 1.54) is 38.9 Å². The zero-order valence-corrected chi connectivity index (χ0v) is 22.1. The standard InChI is InChI=1S/C31H43N3O/c1-6-9-25(18-22(5)21(4)7-2)30-27(8-3)28-19-24(10-11-29(28)33-30)23-13-16-34(17-14-23)31(35)26-12-15-32-20-26/h6,9-11,18-19,21,23,26,32-33H,1,7-8,12-17,20H2,2-5H3/b22-18-,25-9+. The molecule has 4 nitrogen and oxygen atoms in total. The Balaban J connectivity index is 1.57. The van der Waals surface area contributed by atoms with Crippen LogP contribution in [0.3, 0.4) is 0 Å². The summed E-state index contributed by atoms with van der Waals surface area (Å²) in [5.74, 6) is 1.62. The number of likely N-dealkylation sites (tertiary alicyclic amines) is 1. The van der Waals surface area contributed by atoms with E-state index in [1.807, 2.05) is 6.08 Å². The van der Waals surface area contributed by atoms with Crippen molar-refractivity contribution in [2.24, 2.45) is 11.8 Å². The summed E-state index contributed by atoms with van der Waals surface area (Å²) in [7, 11) is 0. The van der Waals surface area contributed by atoms with Gasteiger partial charge in [-0.3, -0.25) is 4.79 Å². The van der Waals surface area contributed by atoms with Crippen LogP contribution in [-0.4, -0.2) is 42.0 Å². The van der Waals surface area contributed by atoms with Gasteiger partial charge in [0.05, 0.1) is 5.92 Å². The number of carbonyl (C=O) groups excluding carboxylic acids is 1. The van der Waals surface area contributed by atoms with Crippen LogP contribution in [0.15, 0.2) is 48.6 Å². The van der Waals surface area contributed by atoms with Gasteiger partial charge in [0.1, 0.15) is 0 Å². The Hall–Kier alpha value is -2.59. The highest BCUT2D eigenvalue weighted by atomic mass is 16.2. The predicted molar refractivity (Wildman–Crippen MR) is 149 cm³/mol. The van der Waals surface area contributed by atoms with Crippen molar-refractivity contribution in [3.63, 3.8) is 0 Å². The molecule has 2 aliphatic rings. The minimum Gasteiger partial charge on any atom is -0.354 e. The lowest BCUT2D eigenvalue weighted by Crippen LogP contribution is -2.41. The molecule has 2 unspecified atom stereocenters. The van der Waals surface area contributed by atoms with Crippen molar-refractivity contribution in [3.8, 4) is 0 Å². The number of aromatic amines is 1. The van der Waals surface area contributed by atoms with Gasteiger partial charge in [0, 0.05) is 36.2 Å². The van der Waals surface area contributed by atoms with Gasteiger partial charge in [-0.1, -0.05) is 57.2 Å². The van der Waals surface area contributed by atoms with Gasteiger partial charge >= 0.3 is 0 Å². The number of amides is 1. The lowest BCUT2D eigenvalue weighted by molar-refractivity contribution is -0.136. The van der Waals surface area contributed by atoms with Gasteiger partial charge in [-0.2, -0.15) is 0 Å². The predicted octanol–water partition coefficient (Wildman–Crippen LogP) is 6.61. The number of carbonyl (C=O) groups is 1. The fraction of sp³-hybridized carbons (Fsp3) is 0.516. The molecule has 0 radical (unpaired) electrons. The Morgan fingerprint density at radius 3 is 2.63 bits per heavy atom. The Morgan fingerprint density at radius 1 is 1.23 bits per heavy atom. The molecule has 2 saturated heterocycles. The number of nitrogens with one attached hydrogen (secondary N) is 2. The molecular formula is C31H43N3O. The zero-order chi connectivity index (χ0) is 24.9. The van der Waals surface area contributed by atoms with Gasteiger partial charge in [0.25, 0.3) is 0 Å². The molecule has 1 amide bonds. The molecule has 0 saturated carbocycles. The number of hydrogen-bond donors (Lipinski definition) is 2. The average molecular weight is 474 g/mol. The quantitative estimate of drug-likeness (QED) is 0.424. The molecule has 3 heterocycles. The third-order valence-corrected chi connectivity index (χ3v) is 8.33. The SMILES string of the molecule is C=C/C=C(\C=C(\C)C(C)CC)c1[nH]c2ccc(C3CCN(C(=O)C4CCNC4)CC3)cc2c1CC. The first-order chi connectivity index (χ1) is 17.0. The highest BCUT2D eigenvalue weighted by molar-refractivity contribution is 5.92. The molecule has 1 aromatic carbocycles. The van der Waals surface area contributed by atoms with E-state index >= 15 is 0 Å². The van der Waals surface area contributed by atoms with Crippen LogP contribution in [0, 0.1) is 11.8 Å². The van der Waals surface area contributed by atoms with Crippen LogP contribution in [-0.2, 0) is 11.2 Å². The van der Waals surface area contributed by atoms with Crippen LogP contribution < -0.4 is 5.32 Å². The molecule has 2 N–H and O–H groups in total. The smallest absolute Gasteiger partial charge is 0.227 e. The average Bonchev–Trinajstić information content (AvgIpc) is 3.55. The third-order valence-electron chi connectivity index (χ3n) is 8.33. The Morgan fingerprint density at radius 2 is 2.00 bits per heavy atom. The molecular weight excluding hydrogens is 430 g/mol.